The van der Waals surface area contributed by atoms with Gasteiger partial charge in [0.25, 0.3) is 6.43 Å². The number of aromatic nitrogens is 2. The van der Waals surface area contributed by atoms with Gasteiger partial charge in [-0.25, -0.2) is 8.78 Å². The number of hydrazone groups is 1. The number of halogens is 3. The summed E-state index contributed by atoms with van der Waals surface area (Å²) in [5.74, 6) is 5.75. The molecule has 0 atom stereocenters. The summed E-state index contributed by atoms with van der Waals surface area (Å²) in [5, 5.41) is 3.49. The van der Waals surface area contributed by atoms with E-state index >= 15 is 0 Å². The van der Waals surface area contributed by atoms with Crippen LogP contribution in [0.15, 0.2) is 40.7 Å². The van der Waals surface area contributed by atoms with E-state index in [0.717, 1.165) is 0 Å². The van der Waals surface area contributed by atoms with Crippen LogP contribution in [-0.2, 0) is 0 Å². The van der Waals surface area contributed by atoms with Crippen LogP contribution >= 0.6 is 11.6 Å². The third kappa shape index (κ3) is 5.35. The average Bonchev–Trinajstić information content (AvgIpc) is 2.63. The number of hydrogen-bond acceptors (Lipinski definition) is 7. The van der Waals surface area contributed by atoms with Gasteiger partial charge in [-0.1, -0.05) is 11.6 Å². The number of benzene rings is 1. The molecule has 0 radical (unpaired) electrons. The Bertz CT molecular complexity index is 769. The van der Waals surface area contributed by atoms with E-state index in [9.17, 15) is 8.78 Å². The summed E-state index contributed by atoms with van der Waals surface area (Å²) < 4.78 is 35.9. The van der Waals surface area contributed by atoms with Gasteiger partial charge in [0.05, 0.1) is 31.4 Å². The van der Waals surface area contributed by atoms with Gasteiger partial charge in [0.15, 0.2) is 5.75 Å². The quantitative estimate of drug-likeness (QED) is 0.459. The Kier molecular flexibility index (Phi) is 6.58. The number of nitrogens with two attached hydrogens (primary N) is 1. The third-order valence-electron chi connectivity index (χ3n) is 2.93. The number of rotatable bonds is 7. The Balaban J connectivity index is 2.01. The number of nitrogens with zero attached hydrogens (tertiary/aromatic N) is 4. The first-order chi connectivity index (χ1) is 12.0. The van der Waals surface area contributed by atoms with Crippen LogP contribution in [0.3, 0.4) is 0 Å². The molecule has 0 aliphatic heterocycles. The summed E-state index contributed by atoms with van der Waals surface area (Å²) in [7, 11) is 1.49. The molecule has 0 unspecified atom stereocenters. The minimum Gasteiger partial charge on any atom is -0.494 e. The molecule has 1 heterocycles. The molecule has 2 aromatic rings. The second-order valence-corrected chi connectivity index (χ2v) is 4.99. The molecule has 0 aliphatic carbocycles. The summed E-state index contributed by atoms with van der Waals surface area (Å²) in [6.45, 7) is -0.0539. The minimum absolute atomic E-state index is 0.0262. The molecule has 25 heavy (non-hydrogen) atoms. The fourth-order valence-corrected chi connectivity index (χ4v) is 1.86. The third-order valence-corrected chi connectivity index (χ3v) is 3.28. The fourth-order valence-electron chi connectivity index (χ4n) is 1.66. The Hall–Kier alpha value is -2.81. The minimum atomic E-state index is -2.69. The van der Waals surface area contributed by atoms with Gasteiger partial charge in [-0.2, -0.15) is 15.1 Å². The van der Waals surface area contributed by atoms with Crippen molar-refractivity contribution < 1.29 is 18.3 Å². The van der Waals surface area contributed by atoms with Crippen molar-refractivity contribution in [2.24, 2.45) is 15.9 Å². The molecule has 0 fully saturated rings. The van der Waals surface area contributed by atoms with Gasteiger partial charge in [-0.3, -0.25) is 4.99 Å². The average molecular weight is 370 g/mol. The lowest BCUT2D eigenvalue weighted by Gasteiger charge is -2.05. The molecule has 0 saturated heterocycles. The van der Waals surface area contributed by atoms with Crippen molar-refractivity contribution in [1.29, 1.82) is 0 Å². The number of alkyl halides is 2. The SMILES string of the molecule is COc1cnc(OCC(C=Nc2ccc(Cl)c(C(F)F)c2)=NN)nc1. The number of aliphatic imine (C=N–C) groups is 1. The van der Waals surface area contributed by atoms with Gasteiger partial charge in [-0.05, 0) is 18.2 Å². The summed E-state index contributed by atoms with van der Waals surface area (Å²) in [6, 6.07) is 4.12. The van der Waals surface area contributed by atoms with Crippen molar-refractivity contribution >= 4 is 29.2 Å². The molecule has 2 N–H and O–H groups in total. The molecule has 1 aromatic carbocycles. The van der Waals surface area contributed by atoms with Crippen LogP contribution < -0.4 is 15.3 Å². The van der Waals surface area contributed by atoms with Gasteiger partial charge in [0.1, 0.15) is 12.3 Å². The Morgan fingerprint density at radius 3 is 2.68 bits per heavy atom. The standard InChI is InChI=1S/C15H14ClF2N5O2/c1-24-11-6-21-15(22-7-11)25-8-10(23-19)5-20-9-2-3-13(16)12(4-9)14(17)18/h2-7,14H,8,19H2,1H3. The second kappa shape index (κ2) is 8.88. The highest BCUT2D eigenvalue weighted by Gasteiger charge is 2.12. The van der Waals surface area contributed by atoms with Crippen molar-refractivity contribution in [2.45, 2.75) is 6.43 Å². The molecule has 10 heteroatoms. The van der Waals surface area contributed by atoms with E-state index in [1.54, 1.807) is 0 Å². The maximum absolute atomic E-state index is 12.8. The molecule has 0 bridgehead atoms. The van der Waals surface area contributed by atoms with Gasteiger partial charge >= 0.3 is 6.01 Å². The van der Waals surface area contributed by atoms with Crippen LogP contribution in [0.2, 0.25) is 5.02 Å². The lowest BCUT2D eigenvalue weighted by Crippen LogP contribution is -2.16. The first kappa shape index (κ1) is 18.5. The Morgan fingerprint density at radius 1 is 1.36 bits per heavy atom. The topological polar surface area (TPSA) is 95.0 Å². The molecule has 1 aromatic heterocycles. The van der Waals surface area contributed by atoms with Crippen molar-refractivity contribution in [1.82, 2.24) is 9.97 Å². The van der Waals surface area contributed by atoms with Crippen molar-refractivity contribution in [3.8, 4) is 11.8 Å². The molecule has 0 aliphatic rings. The highest BCUT2D eigenvalue weighted by molar-refractivity contribution is 6.32. The predicted octanol–water partition coefficient (Wildman–Crippen LogP) is 3.17. The van der Waals surface area contributed by atoms with Gasteiger partial charge in [0, 0.05) is 10.6 Å². The zero-order valence-electron chi connectivity index (χ0n) is 13.1. The maximum Gasteiger partial charge on any atom is 0.316 e. The van der Waals surface area contributed by atoms with Crippen molar-refractivity contribution in [2.75, 3.05) is 13.7 Å². The molecule has 2 rings (SSSR count). The van der Waals surface area contributed by atoms with Crippen LogP contribution in [-0.4, -0.2) is 35.6 Å². The van der Waals surface area contributed by atoms with E-state index < -0.39 is 6.43 Å². The molecule has 7 nitrogen and oxygen atoms in total. The monoisotopic (exact) mass is 369 g/mol. The van der Waals surface area contributed by atoms with Crippen molar-refractivity contribution in [3.63, 3.8) is 0 Å². The molecular weight excluding hydrogens is 356 g/mol. The predicted molar refractivity (Wildman–Crippen MR) is 90.3 cm³/mol. The number of methoxy groups -OCH3 is 1. The molecule has 132 valence electrons. The largest absolute Gasteiger partial charge is 0.494 e. The van der Waals surface area contributed by atoms with Crippen LogP contribution in [0.5, 0.6) is 11.8 Å². The molecule has 0 amide bonds. The zero-order valence-corrected chi connectivity index (χ0v) is 13.8. The normalized spacial score (nSPS) is 12.0. The van der Waals surface area contributed by atoms with E-state index in [0.29, 0.717) is 5.75 Å². The van der Waals surface area contributed by atoms with E-state index in [1.165, 1.54) is 43.9 Å². The first-order valence-electron chi connectivity index (χ1n) is 6.90. The summed E-state index contributed by atoms with van der Waals surface area (Å²) in [5.41, 5.74) is 0.236. The van der Waals surface area contributed by atoms with Crippen molar-refractivity contribution in [3.05, 3.63) is 41.2 Å². The molecule has 0 spiro atoms. The Morgan fingerprint density at radius 2 is 2.08 bits per heavy atom. The Labute approximate surface area is 147 Å². The highest BCUT2D eigenvalue weighted by Crippen LogP contribution is 2.30. The maximum atomic E-state index is 12.8. The zero-order chi connectivity index (χ0) is 18.2. The second-order valence-electron chi connectivity index (χ2n) is 4.58. The van der Waals surface area contributed by atoms with E-state index in [-0.39, 0.29) is 34.6 Å². The molecular formula is C15H14ClF2N5O2. The van der Waals surface area contributed by atoms with E-state index in [1.807, 2.05) is 0 Å². The van der Waals surface area contributed by atoms with Crippen LogP contribution in [0.25, 0.3) is 0 Å². The van der Waals surface area contributed by atoms with Gasteiger partial charge in [0.2, 0.25) is 0 Å². The lowest BCUT2D eigenvalue weighted by atomic mass is 10.2. The van der Waals surface area contributed by atoms with Gasteiger partial charge in [-0.15, -0.1) is 0 Å². The highest BCUT2D eigenvalue weighted by atomic mass is 35.5. The van der Waals surface area contributed by atoms with Crippen LogP contribution in [0, 0.1) is 0 Å². The number of hydrogen-bond donors (Lipinski definition) is 1. The summed E-state index contributed by atoms with van der Waals surface area (Å²) >= 11 is 5.70. The lowest BCUT2D eigenvalue weighted by molar-refractivity contribution is 0.151. The number of ether oxygens (including phenoxy) is 2. The van der Waals surface area contributed by atoms with E-state index in [4.69, 9.17) is 26.9 Å². The summed E-state index contributed by atoms with van der Waals surface area (Å²) in [4.78, 5) is 11.9. The smallest absolute Gasteiger partial charge is 0.316 e. The van der Waals surface area contributed by atoms with Gasteiger partial charge < -0.3 is 15.3 Å². The van der Waals surface area contributed by atoms with Crippen LogP contribution in [0.4, 0.5) is 14.5 Å². The van der Waals surface area contributed by atoms with E-state index in [2.05, 4.69) is 20.1 Å². The van der Waals surface area contributed by atoms with Crippen LogP contribution in [0.1, 0.15) is 12.0 Å². The fraction of sp³-hybridized carbons (Fsp3) is 0.200. The first-order valence-corrected chi connectivity index (χ1v) is 7.28. The summed E-state index contributed by atoms with van der Waals surface area (Å²) in [6.07, 6.45) is 1.48. The molecule has 0 saturated carbocycles.